The molecule has 1 aliphatic heterocycles. The number of hydrogen-bond donors (Lipinski definition) is 0. The van der Waals surface area contributed by atoms with Gasteiger partial charge < -0.3 is 4.74 Å². The van der Waals surface area contributed by atoms with E-state index in [2.05, 4.69) is 11.9 Å². The summed E-state index contributed by atoms with van der Waals surface area (Å²) in [5.74, 6) is 1.57. The van der Waals surface area contributed by atoms with Crippen molar-refractivity contribution in [3.8, 4) is 0 Å². The number of ether oxygens (including phenoxy) is 1. The molecule has 1 aliphatic rings. The SMILES string of the molecule is CC1C=C(c2ccccc2)OC(c2ccccc2)=N1. The highest BCUT2D eigenvalue weighted by Crippen LogP contribution is 2.23. The highest BCUT2D eigenvalue weighted by Gasteiger charge is 2.16. The lowest BCUT2D eigenvalue weighted by molar-refractivity contribution is 0.487. The summed E-state index contributed by atoms with van der Waals surface area (Å²) in [7, 11) is 0. The monoisotopic (exact) mass is 249 g/mol. The van der Waals surface area contributed by atoms with Crippen molar-refractivity contribution in [1.29, 1.82) is 0 Å². The molecule has 0 aliphatic carbocycles. The van der Waals surface area contributed by atoms with Crippen molar-refractivity contribution in [3.63, 3.8) is 0 Å². The maximum Gasteiger partial charge on any atom is 0.222 e. The first kappa shape index (κ1) is 11.7. The summed E-state index contributed by atoms with van der Waals surface area (Å²) in [5.41, 5.74) is 2.09. The van der Waals surface area contributed by atoms with E-state index in [1.807, 2.05) is 66.7 Å². The number of hydrogen-bond acceptors (Lipinski definition) is 2. The van der Waals surface area contributed by atoms with Crippen molar-refractivity contribution in [2.45, 2.75) is 13.0 Å². The summed E-state index contributed by atoms with van der Waals surface area (Å²) in [6.07, 6.45) is 2.04. The number of aliphatic imine (C=N–C) groups is 1. The highest BCUT2D eigenvalue weighted by molar-refractivity contribution is 5.98. The zero-order valence-corrected chi connectivity index (χ0v) is 10.8. The summed E-state index contributed by atoms with van der Waals surface area (Å²) in [4.78, 5) is 4.55. The van der Waals surface area contributed by atoms with Gasteiger partial charge >= 0.3 is 0 Å². The van der Waals surface area contributed by atoms with E-state index < -0.39 is 0 Å². The first-order chi connectivity index (χ1) is 9.33. The maximum atomic E-state index is 5.94. The van der Waals surface area contributed by atoms with Crippen LogP contribution in [0.4, 0.5) is 0 Å². The number of benzene rings is 2. The topological polar surface area (TPSA) is 21.6 Å². The molecule has 0 saturated carbocycles. The Hall–Kier alpha value is -2.35. The molecule has 2 aromatic rings. The fourth-order valence-corrected chi connectivity index (χ4v) is 2.08. The van der Waals surface area contributed by atoms with Crippen molar-refractivity contribution < 1.29 is 4.74 Å². The highest BCUT2D eigenvalue weighted by atomic mass is 16.5. The van der Waals surface area contributed by atoms with Gasteiger partial charge in [0.1, 0.15) is 5.76 Å². The molecule has 0 bridgehead atoms. The van der Waals surface area contributed by atoms with Crippen molar-refractivity contribution in [2.24, 2.45) is 4.99 Å². The molecule has 0 N–H and O–H groups in total. The van der Waals surface area contributed by atoms with Crippen molar-refractivity contribution >= 4 is 11.7 Å². The summed E-state index contributed by atoms with van der Waals surface area (Å²) in [5, 5.41) is 0. The largest absolute Gasteiger partial charge is 0.438 e. The molecule has 1 atom stereocenters. The first-order valence-electron chi connectivity index (χ1n) is 6.41. The first-order valence-corrected chi connectivity index (χ1v) is 6.41. The molecule has 1 unspecified atom stereocenters. The Balaban J connectivity index is 1.92. The Bertz CT molecular complexity index is 559. The van der Waals surface area contributed by atoms with E-state index in [4.69, 9.17) is 4.74 Å². The van der Waals surface area contributed by atoms with Gasteiger partial charge in [-0.3, -0.25) is 0 Å². The van der Waals surface area contributed by atoms with Crippen LogP contribution >= 0.6 is 0 Å². The second-order valence-corrected chi connectivity index (χ2v) is 4.54. The normalized spacial score (nSPS) is 18.3. The predicted molar refractivity (Wildman–Crippen MR) is 77.9 cm³/mol. The molecule has 3 rings (SSSR count). The number of rotatable bonds is 2. The third-order valence-corrected chi connectivity index (χ3v) is 3.00. The van der Waals surface area contributed by atoms with Crippen LogP contribution in [0.2, 0.25) is 0 Å². The van der Waals surface area contributed by atoms with Crippen LogP contribution in [0.25, 0.3) is 5.76 Å². The third-order valence-electron chi connectivity index (χ3n) is 3.00. The predicted octanol–water partition coefficient (Wildman–Crippen LogP) is 3.89. The molecule has 0 amide bonds. The summed E-state index contributed by atoms with van der Waals surface area (Å²) in [6, 6.07) is 20.2. The molecule has 2 nitrogen and oxygen atoms in total. The fourth-order valence-electron chi connectivity index (χ4n) is 2.08. The van der Waals surface area contributed by atoms with Crippen LogP contribution in [0, 0.1) is 0 Å². The fraction of sp³-hybridized carbons (Fsp3) is 0.118. The molecule has 19 heavy (non-hydrogen) atoms. The lowest BCUT2D eigenvalue weighted by Crippen LogP contribution is -2.15. The minimum atomic E-state index is 0.124. The maximum absolute atomic E-state index is 5.94. The van der Waals surface area contributed by atoms with E-state index in [0.717, 1.165) is 16.9 Å². The summed E-state index contributed by atoms with van der Waals surface area (Å²) in [6.45, 7) is 2.06. The van der Waals surface area contributed by atoms with E-state index in [9.17, 15) is 0 Å². The van der Waals surface area contributed by atoms with Crippen LogP contribution in [-0.4, -0.2) is 11.9 Å². The van der Waals surface area contributed by atoms with Gasteiger partial charge in [-0.15, -0.1) is 0 Å². The van der Waals surface area contributed by atoms with Crippen molar-refractivity contribution in [2.75, 3.05) is 0 Å². The van der Waals surface area contributed by atoms with Gasteiger partial charge in [-0.1, -0.05) is 48.5 Å². The van der Waals surface area contributed by atoms with Gasteiger partial charge in [0.2, 0.25) is 5.90 Å². The molecular formula is C17H15NO. The van der Waals surface area contributed by atoms with E-state index in [-0.39, 0.29) is 6.04 Å². The number of nitrogens with zero attached hydrogens (tertiary/aromatic N) is 1. The Morgan fingerprint density at radius 3 is 2.05 bits per heavy atom. The second kappa shape index (κ2) is 5.11. The minimum Gasteiger partial charge on any atom is -0.438 e. The molecule has 94 valence electrons. The van der Waals surface area contributed by atoms with Gasteiger partial charge in [0.05, 0.1) is 6.04 Å². The van der Waals surface area contributed by atoms with Gasteiger partial charge in [-0.05, 0) is 25.1 Å². The molecule has 0 saturated heterocycles. The van der Waals surface area contributed by atoms with Crippen molar-refractivity contribution in [1.82, 2.24) is 0 Å². The van der Waals surface area contributed by atoms with Crippen molar-refractivity contribution in [3.05, 3.63) is 77.9 Å². The standard InChI is InChI=1S/C17H15NO/c1-13-12-16(14-8-4-2-5-9-14)19-17(18-13)15-10-6-3-7-11-15/h2-13H,1H3. The smallest absolute Gasteiger partial charge is 0.222 e. The van der Waals surface area contributed by atoms with Crippen LogP contribution in [0.15, 0.2) is 71.7 Å². The van der Waals surface area contributed by atoms with Gasteiger partial charge in [-0.25, -0.2) is 4.99 Å². The molecule has 0 fully saturated rings. The molecule has 2 aromatic carbocycles. The minimum absolute atomic E-state index is 0.124. The quantitative estimate of drug-likeness (QED) is 0.791. The average molecular weight is 249 g/mol. The molecule has 0 aromatic heterocycles. The van der Waals surface area contributed by atoms with Crippen LogP contribution < -0.4 is 0 Å². The van der Waals surface area contributed by atoms with Crippen LogP contribution in [0.1, 0.15) is 18.1 Å². The lowest BCUT2D eigenvalue weighted by atomic mass is 10.1. The Morgan fingerprint density at radius 1 is 0.842 bits per heavy atom. The summed E-state index contributed by atoms with van der Waals surface area (Å²) < 4.78 is 5.94. The Kier molecular flexibility index (Phi) is 3.15. The van der Waals surface area contributed by atoms with Crippen LogP contribution in [0.5, 0.6) is 0 Å². The van der Waals surface area contributed by atoms with E-state index in [0.29, 0.717) is 5.90 Å². The Labute approximate surface area is 113 Å². The van der Waals surface area contributed by atoms with Crippen LogP contribution in [0.3, 0.4) is 0 Å². The van der Waals surface area contributed by atoms with Gasteiger partial charge in [0, 0.05) is 11.1 Å². The summed E-state index contributed by atoms with van der Waals surface area (Å²) >= 11 is 0. The van der Waals surface area contributed by atoms with Gasteiger partial charge in [0.15, 0.2) is 0 Å². The molecule has 0 spiro atoms. The molecule has 0 radical (unpaired) electrons. The third kappa shape index (κ3) is 2.58. The van der Waals surface area contributed by atoms with Crippen LogP contribution in [-0.2, 0) is 4.74 Å². The Morgan fingerprint density at radius 2 is 1.42 bits per heavy atom. The average Bonchev–Trinajstić information content (AvgIpc) is 2.48. The van der Waals surface area contributed by atoms with E-state index >= 15 is 0 Å². The lowest BCUT2D eigenvalue weighted by Gasteiger charge is -2.19. The van der Waals surface area contributed by atoms with Gasteiger partial charge in [0.25, 0.3) is 0 Å². The molecule has 1 heterocycles. The second-order valence-electron chi connectivity index (χ2n) is 4.54. The zero-order chi connectivity index (χ0) is 13.1. The van der Waals surface area contributed by atoms with Gasteiger partial charge in [-0.2, -0.15) is 0 Å². The van der Waals surface area contributed by atoms with E-state index in [1.165, 1.54) is 0 Å². The molecule has 2 heteroatoms. The zero-order valence-electron chi connectivity index (χ0n) is 10.8. The van der Waals surface area contributed by atoms with E-state index in [1.54, 1.807) is 0 Å². The molecular weight excluding hydrogens is 234 g/mol.